The molecular formula is C20H22ClN3OS. The Kier molecular flexibility index (Phi) is 6.25. The molecule has 3 aromatic rings. The van der Waals surface area contributed by atoms with Crippen molar-refractivity contribution in [1.82, 2.24) is 9.88 Å². The maximum Gasteiger partial charge on any atom is 0.260 e. The molecule has 136 valence electrons. The van der Waals surface area contributed by atoms with Crippen LogP contribution in [0.4, 0.5) is 5.13 Å². The SMILES string of the molecule is CCN(CC)CCN(C(=O)c1ccccc1)c1nc2c(Cl)cccc2s1. The number of thiazole rings is 1. The summed E-state index contributed by atoms with van der Waals surface area (Å²) in [5.74, 6) is -0.0343. The Bertz CT molecular complexity index is 877. The highest BCUT2D eigenvalue weighted by Crippen LogP contribution is 2.33. The molecule has 2 aromatic carbocycles. The van der Waals surface area contributed by atoms with Crippen LogP contribution in [0.5, 0.6) is 0 Å². The highest BCUT2D eigenvalue weighted by atomic mass is 35.5. The molecule has 4 nitrogen and oxygen atoms in total. The second-order valence-corrected chi connectivity index (χ2v) is 7.35. The quantitative estimate of drug-likeness (QED) is 0.576. The number of rotatable bonds is 7. The van der Waals surface area contributed by atoms with Crippen LogP contribution in [0.2, 0.25) is 5.02 Å². The number of carbonyl (C=O) groups is 1. The Labute approximate surface area is 163 Å². The second-order valence-electron chi connectivity index (χ2n) is 5.93. The Balaban J connectivity index is 1.95. The summed E-state index contributed by atoms with van der Waals surface area (Å²) in [7, 11) is 0. The third kappa shape index (κ3) is 4.06. The number of hydrogen-bond acceptors (Lipinski definition) is 4. The fourth-order valence-electron chi connectivity index (χ4n) is 2.82. The number of amides is 1. The van der Waals surface area contributed by atoms with E-state index in [9.17, 15) is 4.79 Å². The van der Waals surface area contributed by atoms with Gasteiger partial charge in [0.1, 0.15) is 5.52 Å². The lowest BCUT2D eigenvalue weighted by Gasteiger charge is -2.24. The van der Waals surface area contributed by atoms with Crippen molar-refractivity contribution >= 4 is 44.2 Å². The highest BCUT2D eigenvalue weighted by molar-refractivity contribution is 7.22. The first kappa shape index (κ1) is 18.8. The van der Waals surface area contributed by atoms with E-state index in [0.29, 0.717) is 22.3 Å². The molecule has 0 saturated heterocycles. The predicted octanol–water partition coefficient (Wildman–Crippen LogP) is 4.94. The monoisotopic (exact) mass is 387 g/mol. The van der Waals surface area contributed by atoms with Gasteiger partial charge in [0.2, 0.25) is 0 Å². The van der Waals surface area contributed by atoms with E-state index in [1.165, 1.54) is 11.3 Å². The van der Waals surface area contributed by atoms with E-state index in [4.69, 9.17) is 11.6 Å². The van der Waals surface area contributed by atoms with E-state index in [2.05, 4.69) is 23.7 Å². The lowest BCUT2D eigenvalue weighted by Crippen LogP contribution is -2.38. The van der Waals surface area contributed by atoms with Crippen molar-refractivity contribution in [3.63, 3.8) is 0 Å². The Morgan fingerprint density at radius 1 is 1.04 bits per heavy atom. The van der Waals surface area contributed by atoms with Gasteiger partial charge in [0.05, 0.1) is 9.72 Å². The lowest BCUT2D eigenvalue weighted by molar-refractivity contribution is 0.0984. The maximum absolute atomic E-state index is 13.1. The van der Waals surface area contributed by atoms with Crippen molar-refractivity contribution in [2.75, 3.05) is 31.1 Å². The average molecular weight is 388 g/mol. The summed E-state index contributed by atoms with van der Waals surface area (Å²) in [6, 6.07) is 15.1. The molecule has 0 aliphatic heterocycles. The molecule has 0 fully saturated rings. The highest BCUT2D eigenvalue weighted by Gasteiger charge is 2.22. The summed E-state index contributed by atoms with van der Waals surface area (Å²) in [6.45, 7) is 7.56. The number of halogens is 1. The van der Waals surface area contributed by atoms with Crippen LogP contribution in [0.15, 0.2) is 48.5 Å². The first-order chi connectivity index (χ1) is 12.6. The molecule has 0 radical (unpaired) electrons. The molecule has 0 aliphatic carbocycles. The number of fused-ring (bicyclic) bond motifs is 1. The molecular weight excluding hydrogens is 366 g/mol. The maximum atomic E-state index is 13.1. The molecule has 3 rings (SSSR count). The number of likely N-dealkylation sites (N-methyl/N-ethyl adjacent to an activating group) is 1. The van der Waals surface area contributed by atoms with Crippen molar-refractivity contribution < 1.29 is 4.79 Å². The van der Waals surface area contributed by atoms with Crippen molar-refractivity contribution in [3.8, 4) is 0 Å². The minimum atomic E-state index is -0.0343. The zero-order valence-corrected chi connectivity index (χ0v) is 16.6. The van der Waals surface area contributed by atoms with Crippen molar-refractivity contribution in [2.24, 2.45) is 0 Å². The minimum absolute atomic E-state index is 0.0343. The van der Waals surface area contributed by atoms with Gasteiger partial charge >= 0.3 is 0 Å². The van der Waals surface area contributed by atoms with E-state index in [1.54, 1.807) is 4.90 Å². The van der Waals surface area contributed by atoms with Crippen LogP contribution in [0.1, 0.15) is 24.2 Å². The summed E-state index contributed by atoms with van der Waals surface area (Å²) in [5.41, 5.74) is 1.42. The number of hydrogen-bond donors (Lipinski definition) is 0. The predicted molar refractivity (Wildman–Crippen MR) is 111 cm³/mol. The number of carbonyl (C=O) groups excluding carboxylic acids is 1. The van der Waals surface area contributed by atoms with E-state index in [-0.39, 0.29) is 5.91 Å². The van der Waals surface area contributed by atoms with Gasteiger partial charge in [0.25, 0.3) is 5.91 Å². The number of anilines is 1. The molecule has 0 bridgehead atoms. The average Bonchev–Trinajstić information content (AvgIpc) is 3.11. The van der Waals surface area contributed by atoms with E-state index in [0.717, 1.165) is 29.9 Å². The van der Waals surface area contributed by atoms with Gasteiger partial charge in [-0.2, -0.15) is 0 Å². The third-order valence-corrected chi connectivity index (χ3v) is 5.74. The largest absolute Gasteiger partial charge is 0.302 e. The Hall–Kier alpha value is -1.95. The second kappa shape index (κ2) is 8.62. The van der Waals surface area contributed by atoms with Crippen molar-refractivity contribution in [1.29, 1.82) is 0 Å². The van der Waals surface area contributed by atoms with E-state index in [1.807, 2.05) is 48.5 Å². The fourth-order valence-corrected chi connectivity index (χ4v) is 4.11. The minimum Gasteiger partial charge on any atom is -0.302 e. The van der Waals surface area contributed by atoms with Crippen LogP contribution in [0, 0.1) is 0 Å². The van der Waals surface area contributed by atoms with Crippen molar-refractivity contribution in [3.05, 3.63) is 59.1 Å². The normalized spacial score (nSPS) is 11.2. The van der Waals surface area contributed by atoms with Crippen LogP contribution < -0.4 is 4.90 Å². The van der Waals surface area contributed by atoms with Gasteiger partial charge in [-0.1, -0.05) is 61.1 Å². The van der Waals surface area contributed by atoms with Gasteiger partial charge in [-0.05, 0) is 37.4 Å². The lowest BCUT2D eigenvalue weighted by atomic mass is 10.2. The van der Waals surface area contributed by atoms with Crippen LogP contribution >= 0.6 is 22.9 Å². The van der Waals surface area contributed by atoms with E-state index < -0.39 is 0 Å². The number of para-hydroxylation sites is 1. The van der Waals surface area contributed by atoms with Gasteiger partial charge in [0.15, 0.2) is 5.13 Å². The number of aromatic nitrogens is 1. The van der Waals surface area contributed by atoms with Crippen LogP contribution in [0.25, 0.3) is 10.2 Å². The molecule has 0 unspecified atom stereocenters. The first-order valence-electron chi connectivity index (χ1n) is 8.78. The zero-order chi connectivity index (χ0) is 18.5. The van der Waals surface area contributed by atoms with E-state index >= 15 is 0 Å². The van der Waals surface area contributed by atoms with Crippen LogP contribution in [-0.2, 0) is 0 Å². The van der Waals surface area contributed by atoms with Crippen molar-refractivity contribution in [2.45, 2.75) is 13.8 Å². The molecule has 0 atom stereocenters. The molecule has 26 heavy (non-hydrogen) atoms. The summed E-state index contributed by atoms with van der Waals surface area (Å²) in [6.07, 6.45) is 0. The molecule has 0 N–H and O–H groups in total. The number of benzene rings is 2. The zero-order valence-electron chi connectivity index (χ0n) is 15.0. The summed E-state index contributed by atoms with van der Waals surface area (Å²) < 4.78 is 0.987. The Morgan fingerprint density at radius 3 is 2.42 bits per heavy atom. The molecule has 1 aromatic heterocycles. The standard InChI is InChI=1S/C20H22ClN3OS/c1-3-23(4-2)13-14-24(19(25)15-9-6-5-7-10-15)20-22-18-16(21)11-8-12-17(18)26-20/h5-12H,3-4,13-14H2,1-2H3. The van der Waals surface area contributed by atoms with Gasteiger partial charge in [0, 0.05) is 18.7 Å². The molecule has 0 saturated carbocycles. The van der Waals surface area contributed by atoms with Gasteiger partial charge in [-0.3, -0.25) is 9.69 Å². The fraction of sp³-hybridized carbons (Fsp3) is 0.300. The smallest absolute Gasteiger partial charge is 0.260 e. The molecule has 0 aliphatic rings. The van der Waals surface area contributed by atoms with Gasteiger partial charge in [-0.15, -0.1) is 0 Å². The first-order valence-corrected chi connectivity index (χ1v) is 9.97. The number of nitrogens with zero attached hydrogens (tertiary/aromatic N) is 3. The molecule has 1 amide bonds. The molecule has 6 heteroatoms. The van der Waals surface area contributed by atoms with Crippen LogP contribution in [-0.4, -0.2) is 42.0 Å². The molecule has 1 heterocycles. The summed E-state index contributed by atoms with van der Waals surface area (Å²) >= 11 is 7.78. The topological polar surface area (TPSA) is 36.4 Å². The van der Waals surface area contributed by atoms with Gasteiger partial charge < -0.3 is 4.90 Å². The summed E-state index contributed by atoms with van der Waals surface area (Å²) in [5, 5.41) is 1.30. The Morgan fingerprint density at radius 2 is 1.77 bits per heavy atom. The van der Waals surface area contributed by atoms with Crippen LogP contribution in [0.3, 0.4) is 0 Å². The summed E-state index contributed by atoms with van der Waals surface area (Å²) in [4.78, 5) is 21.9. The molecule has 0 spiro atoms. The van der Waals surface area contributed by atoms with Gasteiger partial charge in [-0.25, -0.2) is 4.98 Å². The third-order valence-electron chi connectivity index (χ3n) is 4.39.